The van der Waals surface area contributed by atoms with E-state index in [0.29, 0.717) is 46.2 Å². The summed E-state index contributed by atoms with van der Waals surface area (Å²) in [5.74, 6) is -0.126. The molecule has 1 aliphatic heterocycles. The number of halogens is 2. The minimum absolute atomic E-state index is 0.0399. The summed E-state index contributed by atoms with van der Waals surface area (Å²) in [5, 5.41) is 4.97. The first-order valence-electron chi connectivity index (χ1n) is 13.1. The van der Waals surface area contributed by atoms with Gasteiger partial charge in [-0.2, -0.15) is 0 Å². The maximum atomic E-state index is 14.8. The van der Waals surface area contributed by atoms with E-state index in [-0.39, 0.29) is 11.3 Å². The van der Waals surface area contributed by atoms with E-state index in [4.69, 9.17) is 9.47 Å². The van der Waals surface area contributed by atoms with Crippen LogP contribution in [0.3, 0.4) is 0 Å². The van der Waals surface area contributed by atoms with Crippen LogP contribution in [-0.4, -0.2) is 32.1 Å². The lowest BCUT2D eigenvalue weighted by atomic mass is 9.89. The van der Waals surface area contributed by atoms with Gasteiger partial charge in [0.15, 0.2) is 5.78 Å². The Balaban J connectivity index is 1.44. The molecular formula is C32H31F2NO3. The molecule has 0 amide bonds. The average molecular weight is 516 g/mol. The molecule has 1 aliphatic rings. The molecule has 1 heterocycles. The second-order valence-corrected chi connectivity index (χ2v) is 9.69. The summed E-state index contributed by atoms with van der Waals surface area (Å²) in [5.41, 5.74) is 1.12. The van der Waals surface area contributed by atoms with Crippen LogP contribution in [0.1, 0.15) is 48.0 Å². The van der Waals surface area contributed by atoms with Crippen molar-refractivity contribution in [1.29, 1.82) is 0 Å². The molecule has 0 bridgehead atoms. The molecule has 1 unspecified atom stereocenters. The molecule has 0 saturated carbocycles. The second-order valence-electron chi connectivity index (χ2n) is 9.69. The molecule has 0 aliphatic carbocycles. The number of hydrogen-bond donors (Lipinski definition) is 1. The molecule has 4 nitrogen and oxygen atoms in total. The molecule has 4 aromatic rings. The molecule has 5 rings (SSSR count). The van der Waals surface area contributed by atoms with Crippen LogP contribution in [0.2, 0.25) is 0 Å². The van der Waals surface area contributed by atoms with Crippen LogP contribution in [0.4, 0.5) is 8.78 Å². The highest BCUT2D eigenvalue weighted by atomic mass is 19.1. The van der Waals surface area contributed by atoms with Crippen molar-refractivity contribution in [3.63, 3.8) is 0 Å². The summed E-state index contributed by atoms with van der Waals surface area (Å²) < 4.78 is 40.2. The number of ether oxygens (including phenoxy) is 2. The third-order valence-electron chi connectivity index (χ3n) is 7.19. The van der Waals surface area contributed by atoms with Crippen molar-refractivity contribution in [3.05, 3.63) is 95.6 Å². The Morgan fingerprint density at radius 3 is 2.53 bits per heavy atom. The van der Waals surface area contributed by atoms with Gasteiger partial charge in [0.2, 0.25) is 0 Å². The van der Waals surface area contributed by atoms with Crippen molar-refractivity contribution >= 4 is 16.6 Å². The fourth-order valence-corrected chi connectivity index (χ4v) is 5.12. The molecule has 6 heteroatoms. The highest BCUT2D eigenvalue weighted by molar-refractivity contribution is 6.20. The lowest BCUT2D eigenvalue weighted by Gasteiger charge is -2.16. The largest absolute Gasteiger partial charge is 0.497 e. The zero-order chi connectivity index (χ0) is 26.5. The van der Waals surface area contributed by atoms with Gasteiger partial charge in [-0.25, -0.2) is 8.78 Å². The van der Waals surface area contributed by atoms with E-state index in [2.05, 4.69) is 5.32 Å². The standard InChI is InChI=1S/C32H31F2NO3/c1-37-26-12-14-27-22(19-26)8-13-28(29-20-23(33)9-15-30(29)34)31(27)32(36)21-6-10-25(11-7-21)38-18-16-24-5-3-2-4-17-35-24/h6-15,19-20,24,35H,2-5,16-18H2,1H3. The minimum atomic E-state index is -0.597. The van der Waals surface area contributed by atoms with Gasteiger partial charge in [0.25, 0.3) is 0 Å². The van der Waals surface area contributed by atoms with Crippen LogP contribution >= 0.6 is 0 Å². The van der Waals surface area contributed by atoms with Crippen LogP contribution in [-0.2, 0) is 0 Å². The van der Waals surface area contributed by atoms with E-state index in [1.165, 1.54) is 25.7 Å². The van der Waals surface area contributed by atoms with Crippen molar-refractivity contribution in [3.8, 4) is 22.6 Å². The average Bonchev–Trinajstić information content (AvgIpc) is 3.22. The monoisotopic (exact) mass is 515 g/mol. The van der Waals surface area contributed by atoms with Crippen LogP contribution in [0.15, 0.2) is 72.8 Å². The first-order valence-corrected chi connectivity index (χ1v) is 13.1. The molecule has 4 aromatic carbocycles. The molecule has 0 aromatic heterocycles. The molecule has 38 heavy (non-hydrogen) atoms. The quantitative estimate of drug-likeness (QED) is 0.250. The lowest BCUT2D eigenvalue weighted by molar-refractivity contribution is 0.104. The summed E-state index contributed by atoms with van der Waals surface area (Å²) in [6, 6.07) is 19.5. The predicted octanol–water partition coefficient (Wildman–Crippen LogP) is 7.33. The number of rotatable bonds is 8. The fourth-order valence-electron chi connectivity index (χ4n) is 5.12. The number of carbonyl (C=O) groups excluding carboxylic acids is 1. The molecule has 196 valence electrons. The Hall–Kier alpha value is -3.77. The second kappa shape index (κ2) is 11.7. The van der Waals surface area contributed by atoms with Gasteiger partial charge >= 0.3 is 0 Å². The minimum Gasteiger partial charge on any atom is -0.497 e. The summed E-state index contributed by atoms with van der Waals surface area (Å²) >= 11 is 0. The van der Waals surface area contributed by atoms with Crippen molar-refractivity contribution in [2.75, 3.05) is 20.3 Å². The van der Waals surface area contributed by atoms with Crippen molar-refractivity contribution < 1.29 is 23.0 Å². The van der Waals surface area contributed by atoms with Crippen LogP contribution in [0.5, 0.6) is 11.5 Å². The normalized spacial score (nSPS) is 15.7. The van der Waals surface area contributed by atoms with E-state index < -0.39 is 11.6 Å². The van der Waals surface area contributed by atoms with Crippen LogP contribution < -0.4 is 14.8 Å². The van der Waals surface area contributed by atoms with E-state index in [1.807, 2.05) is 6.07 Å². The fraction of sp³-hybridized carbons (Fsp3) is 0.281. The Bertz CT molecular complexity index is 1430. The molecule has 1 fully saturated rings. The number of methoxy groups -OCH3 is 1. The lowest BCUT2D eigenvalue weighted by Crippen LogP contribution is -2.29. The molecular weight excluding hydrogens is 484 g/mol. The Labute approximate surface area is 221 Å². The van der Waals surface area contributed by atoms with Crippen LogP contribution in [0.25, 0.3) is 21.9 Å². The molecule has 0 spiro atoms. The van der Waals surface area contributed by atoms with Gasteiger partial charge in [-0.05, 0) is 103 Å². The molecule has 1 saturated heterocycles. The van der Waals surface area contributed by atoms with Gasteiger partial charge in [-0.3, -0.25) is 4.79 Å². The van der Waals surface area contributed by atoms with Gasteiger partial charge in [0.05, 0.1) is 13.7 Å². The Kier molecular flexibility index (Phi) is 7.99. The highest BCUT2D eigenvalue weighted by Crippen LogP contribution is 2.35. The number of fused-ring (bicyclic) bond motifs is 1. The third kappa shape index (κ3) is 5.70. The zero-order valence-electron chi connectivity index (χ0n) is 21.4. The summed E-state index contributed by atoms with van der Waals surface area (Å²) in [7, 11) is 1.57. The van der Waals surface area contributed by atoms with Crippen molar-refractivity contribution in [2.45, 2.75) is 38.1 Å². The molecule has 0 radical (unpaired) electrons. The van der Waals surface area contributed by atoms with Crippen molar-refractivity contribution in [1.82, 2.24) is 5.32 Å². The maximum Gasteiger partial charge on any atom is 0.194 e. The smallest absolute Gasteiger partial charge is 0.194 e. The number of nitrogens with one attached hydrogen (secondary N) is 1. The molecule has 1 N–H and O–H groups in total. The van der Waals surface area contributed by atoms with E-state index in [0.717, 1.165) is 36.6 Å². The van der Waals surface area contributed by atoms with E-state index >= 15 is 0 Å². The predicted molar refractivity (Wildman–Crippen MR) is 146 cm³/mol. The number of ketones is 1. The first kappa shape index (κ1) is 25.9. The maximum absolute atomic E-state index is 14.8. The SMILES string of the molecule is COc1ccc2c(C(=O)c3ccc(OCCC4CCCCCN4)cc3)c(-c3cc(F)ccc3F)ccc2c1. The Morgan fingerprint density at radius 1 is 0.895 bits per heavy atom. The molecule has 1 atom stereocenters. The number of hydrogen-bond acceptors (Lipinski definition) is 4. The number of benzene rings is 4. The third-order valence-corrected chi connectivity index (χ3v) is 7.19. The van der Waals surface area contributed by atoms with Gasteiger partial charge in [-0.15, -0.1) is 0 Å². The number of carbonyl (C=O) groups is 1. The van der Waals surface area contributed by atoms with Crippen LogP contribution in [0, 0.1) is 11.6 Å². The topological polar surface area (TPSA) is 47.6 Å². The van der Waals surface area contributed by atoms with Gasteiger partial charge in [-0.1, -0.05) is 25.0 Å². The van der Waals surface area contributed by atoms with E-state index in [1.54, 1.807) is 55.6 Å². The summed E-state index contributed by atoms with van der Waals surface area (Å²) in [6.45, 7) is 1.66. The summed E-state index contributed by atoms with van der Waals surface area (Å²) in [6.07, 6.45) is 5.85. The van der Waals surface area contributed by atoms with Gasteiger partial charge in [0, 0.05) is 22.7 Å². The van der Waals surface area contributed by atoms with Gasteiger partial charge in [0.1, 0.15) is 23.1 Å². The first-order chi connectivity index (χ1) is 18.5. The summed E-state index contributed by atoms with van der Waals surface area (Å²) in [4.78, 5) is 13.9. The highest BCUT2D eigenvalue weighted by Gasteiger charge is 2.21. The zero-order valence-corrected chi connectivity index (χ0v) is 21.4. The van der Waals surface area contributed by atoms with Crippen molar-refractivity contribution in [2.24, 2.45) is 0 Å². The Morgan fingerprint density at radius 2 is 1.71 bits per heavy atom. The van der Waals surface area contributed by atoms with E-state index in [9.17, 15) is 13.6 Å². The van der Waals surface area contributed by atoms with Gasteiger partial charge < -0.3 is 14.8 Å².